The van der Waals surface area contributed by atoms with Crippen LogP contribution in [-0.2, 0) is 7.05 Å². The van der Waals surface area contributed by atoms with Gasteiger partial charge in [-0.3, -0.25) is 9.25 Å². The molecule has 3 aromatic heterocycles. The summed E-state index contributed by atoms with van der Waals surface area (Å²) < 4.78 is 3.66. The number of aryl methyl sites for hydroxylation is 1. The van der Waals surface area contributed by atoms with Gasteiger partial charge in [-0.25, -0.2) is 4.98 Å². The molecule has 1 aliphatic rings. The van der Waals surface area contributed by atoms with Crippen LogP contribution in [0.15, 0.2) is 24.9 Å². The second-order valence-corrected chi connectivity index (χ2v) is 5.41. The second-order valence-electron chi connectivity index (χ2n) is 5.07. The van der Waals surface area contributed by atoms with Crippen LogP contribution in [0.3, 0.4) is 0 Å². The summed E-state index contributed by atoms with van der Waals surface area (Å²) in [7, 11) is 1.88. The van der Waals surface area contributed by atoms with Gasteiger partial charge in [0.05, 0.1) is 24.1 Å². The molecule has 0 bridgehead atoms. The van der Waals surface area contributed by atoms with Crippen LogP contribution in [0.5, 0.6) is 0 Å². The molecule has 0 aromatic carbocycles. The summed E-state index contributed by atoms with van der Waals surface area (Å²) in [5, 5.41) is 12.8. The molecule has 9 heteroatoms. The average Bonchev–Trinajstić information content (AvgIpc) is 3.14. The predicted molar refractivity (Wildman–Crippen MR) is 80.3 cm³/mol. The Hall–Kier alpha value is -2.48. The Bertz CT molecular complexity index is 838. The SMILES string of the molecule is CC[C@@H]1c2nncn2-c2cnc(Cl)nc2N1c1cnn(C)c1. The highest BCUT2D eigenvalue weighted by atomic mass is 35.5. The third kappa shape index (κ3) is 1.80. The molecule has 4 rings (SSSR count). The summed E-state index contributed by atoms with van der Waals surface area (Å²) in [5.74, 6) is 1.58. The van der Waals surface area contributed by atoms with Crippen LogP contribution < -0.4 is 4.90 Å². The minimum absolute atomic E-state index is 0.00478. The first kappa shape index (κ1) is 13.2. The van der Waals surface area contributed by atoms with Gasteiger partial charge in [-0.1, -0.05) is 6.92 Å². The monoisotopic (exact) mass is 316 g/mol. The van der Waals surface area contributed by atoms with Crippen molar-refractivity contribution in [3.05, 3.63) is 36.0 Å². The lowest BCUT2D eigenvalue weighted by Gasteiger charge is -2.35. The molecule has 0 spiro atoms. The Labute approximate surface area is 131 Å². The van der Waals surface area contributed by atoms with Crippen molar-refractivity contribution in [1.29, 1.82) is 0 Å². The Balaban J connectivity index is 1.99. The smallest absolute Gasteiger partial charge is 0.224 e. The molecule has 0 unspecified atom stereocenters. The molecular formula is C13H13ClN8. The number of aromatic nitrogens is 7. The molecule has 0 radical (unpaired) electrons. The number of hydrogen-bond donors (Lipinski definition) is 0. The van der Waals surface area contributed by atoms with E-state index in [1.54, 1.807) is 23.4 Å². The van der Waals surface area contributed by atoms with Crippen LogP contribution in [-0.4, -0.2) is 34.5 Å². The van der Waals surface area contributed by atoms with E-state index in [1.165, 1.54) is 0 Å². The van der Waals surface area contributed by atoms with Gasteiger partial charge in [-0.05, 0) is 18.0 Å². The molecule has 0 saturated heterocycles. The number of hydrogen-bond acceptors (Lipinski definition) is 6. The first-order valence-corrected chi connectivity index (χ1v) is 7.27. The third-order valence-electron chi connectivity index (χ3n) is 3.75. The highest BCUT2D eigenvalue weighted by Gasteiger charge is 2.35. The quantitative estimate of drug-likeness (QED) is 0.673. The maximum Gasteiger partial charge on any atom is 0.224 e. The maximum absolute atomic E-state index is 6.02. The molecule has 0 amide bonds. The van der Waals surface area contributed by atoms with Gasteiger partial charge in [0.25, 0.3) is 0 Å². The van der Waals surface area contributed by atoms with E-state index in [4.69, 9.17) is 11.6 Å². The zero-order valence-electron chi connectivity index (χ0n) is 12.0. The van der Waals surface area contributed by atoms with Gasteiger partial charge in [-0.15, -0.1) is 10.2 Å². The van der Waals surface area contributed by atoms with Crippen LogP contribution in [0.25, 0.3) is 5.69 Å². The predicted octanol–water partition coefficient (Wildman–Crippen LogP) is 2.05. The molecule has 1 atom stereocenters. The fraction of sp³-hybridized carbons (Fsp3) is 0.308. The van der Waals surface area contributed by atoms with Crippen molar-refractivity contribution in [2.24, 2.45) is 7.05 Å². The minimum Gasteiger partial charge on any atom is -0.311 e. The van der Waals surface area contributed by atoms with Crippen molar-refractivity contribution in [1.82, 2.24) is 34.5 Å². The lowest BCUT2D eigenvalue weighted by molar-refractivity contribution is 0.589. The summed E-state index contributed by atoms with van der Waals surface area (Å²) >= 11 is 6.02. The van der Waals surface area contributed by atoms with Gasteiger partial charge in [0.1, 0.15) is 12.0 Å². The molecule has 0 aliphatic carbocycles. The van der Waals surface area contributed by atoms with Gasteiger partial charge >= 0.3 is 0 Å². The van der Waals surface area contributed by atoms with Crippen LogP contribution in [0.1, 0.15) is 25.2 Å². The molecule has 0 N–H and O–H groups in total. The first-order valence-electron chi connectivity index (χ1n) is 6.89. The summed E-state index contributed by atoms with van der Waals surface area (Å²) in [6.07, 6.45) is 7.94. The van der Waals surface area contributed by atoms with Crippen molar-refractivity contribution in [2.45, 2.75) is 19.4 Å². The third-order valence-corrected chi connectivity index (χ3v) is 3.93. The number of rotatable bonds is 2. The average molecular weight is 317 g/mol. The second kappa shape index (κ2) is 4.77. The molecule has 0 fully saturated rings. The molecule has 8 nitrogen and oxygen atoms in total. The van der Waals surface area contributed by atoms with E-state index in [0.29, 0.717) is 0 Å². The van der Waals surface area contributed by atoms with Crippen molar-refractivity contribution < 1.29 is 0 Å². The molecular weight excluding hydrogens is 304 g/mol. The minimum atomic E-state index is 0.00478. The molecule has 3 aromatic rings. The van der Waals surface area contributed by atoms with Crippen LogP contribution >= 0.6 is 11.6 Å². The first-order chi connectivity index (χ1) is 10.7. The van der Waals surface area contributed by atoms with Gasteiger partial charge in [0, 0.05) is 13.2 Å². The molecule has 1 aliphatic heterocycles. The number of anilines is 2. The standard InChI is InChI=1S/C13H13ClN8/c1-3-9-12-19-16-7-21(12)10-5-15-13(14)18-11(10)22(9)8-4-17-20(2)6-8/h4-7,9H,3H2,1-2H3/t9-/m1/s1. The Kier molecular flexibility index (Phi) is 2.86. The zero-order chi connectivity index (χ0) is 15.3. The van der Waals surface area contributed by atoms with Crippen molar-refractivity contribution in [3.8, 4) is 5.69 Å². The van der Waals surface area contributed by atoms with E-state index < -0.39 is 0 Å². The van der Waals surface area contributed by atoms with Crippen molar-refractivity contribution >= 4 is 23.1 Å². The molecule has 22 heavy (non-hydrogen) atoms. The topological polar surface area (TPSA) is 77.6 Å². The van der Waals surface area contributed by atoms with E-state index in [2.05, 4.69) is 37.1 Å². The zero-order valence-corrected chi connectivity index (χ0v) is 12.8. The van der Waals surface area contributed by atoms with Gasteiger partial charge in [0.2, 0.25) is 5.28 Å². The molecule has 0 saturated carbocycles. The maximum atomic E-state index is 6.02. The number of halogens is 1. The van der Waals surface area contributed by atoms with Gasteiger partial charge < -0.3 is 4.90 Å². The van der Waals surface area contributed by atoms with Crippen molar-refractivity contribution in [3.63, 3.8) is 0 Å². The Morgan fingerprint density at radius 1 is 1.32 bits per heavy atom. The summed E-state index contributed by atoms with van der Waals surface area (Å²) in [4.78, 5) is 10.6. The Morgan fingerprint density at radius 3 is 2.91 bits per heavy atom. The fourth-order valence-corrected chi connectivity index (χ4v) is 2.94. The van der Waals surface area contributed by atoms with E-state index in [0.717, 1.165) is 29.4 Å². The van der Waals surface area contributed by atoms with Crippen LogP contribution in [0.2, 0.25) is 5.28 Å². The Morgan fingerprint density at radius 2 is 2.18 bits per heavy atom. The lowest BCUT2D eigenvalue weighted by Crippen LogP contribution is -2.32. The summed E-state index contributed by atoms with van der Waals surface area (Å²) in [6.45, 7) is 2.10. The largest absolute Gasteiger partial charge is 0.311 e. The van der Waals surface area contributed by atoms with Crippen molar-refractivity contribution in [2.75, 3.05) is 4.90 Å². The highest BCUT2D eigenvalue weighted by molar-refractivity contribution is 6.28. The van der Waals surface area contributed by atoms with E-state index in [-0.39, 0.29) is 11.3 Å². The molecule has 4 heterocycles. The van der Waals surface area contributed by atoms with Gasteiger partial charge in [-0.2, -0.15) is 10.1 Å². The van der Waals surface area contributed by atoms with E-state index in [9.17, 15) is 0 Å². The normalized spacial score (nSPS) is 16.5. The van der Waals surface area contributed by atoms with Crippen LogP contribution in [0.4, 0.5) is 11.5 Å². The van der Waals surface area contributed by atoms with Gasteiger partial charge in [0.15, 0.2) is 11.6 Å². The van der Waals surface area contributed by atoms with E-state index in [1.807, 2.05) is 17.8 Å². The molecule has 112 valence electrons. The lowest BCUT2D eigenvalue weighted by atomic mass is 10.1. The summed E-state index contributed by atoms with van der Waals surface area (Å²) in [6, 6.07) is 0.00478. The number of fused-ring (bicyclic) bond motifs is 3. The summed E-state index contributed by atoms with van der Waals surface area (Å²) in [5.41, 5.74) is 1.73. The van der Waals surface area contributed by atoms with E-state index >= 15 is 0 Å². The highest BCUT2D eigenvalue weighted by Crippen LogP contribution is 2.42. The van der Waals surface area contributed by atoms with Crippen LogP contribution in [0, 0.1) is 0 Å². The number of nitrogens with zero attached hydrogens (tertiary/aromatic N) is 8. The fourth-order valence-electron chi connectivity index (χ4n) is 2.81.